The summed E-state index contributed by atoms with van der Waals surface area (Å²) in [4.78, 5) is 4.30. The number of nitrogens with one attached hydrogen (secondary N) is 2. The molecule has 0 aliphatic carbocycles. The SMILES string of the molecule is C=CCNC(=NCC(O)COc1cccc(C)c1)NCC. The lowest BCUT2D eigenvalue weighted by Crippen LogP contribution is -2.38. The summed E-state index contributed by atoms with van der Waals surface area (Å²) in [7, 11) is 0. The van der Waals surface area contributed by atoms with Gasteiger partial charge in [-0.2, -0.15) is 0 Å². The Labute approximate surface area is 126 Å². The Balaban J connectivity index is 2.40. The number of ether oxygens (including phenoxy) is 1. The van der Waals surface area contributed by atoms with Crippen LogP contribution >= 0.6 is 0 Å². The van der Waals surface area contributed by atoms with E-state index in [1.165, 1.54) is 0 Å². The van der Waals surface area contributed by atoms with E-state index in [0.29, 0.717) is 12.5 Å². The highest BCUT2D eigenvalue weighted by molar-refractivity contribution is 5.79. The summed E-state index contributed by atoms with van der Waals surface area (Å²) in [6.45, 7) is 9.52. The maximum Gasteiger partial charge on any atom is 0.191 e. The van der Waals surface area contributed by atoms with E-state index in [4.69, 9.17) is 4.74 Å². The fourth-order valence-electron chi connectivity index (χ4n) is 1.66. The predicted octanol–water partition coefficient (Wildman–Crippen LogP) is 1.48. The highest BCUT2D eigenvalue weighted by Crippen LogP contribution is 2.12. The van der Waals surface area contributed by atoms with Crippen LogP contribution in [0.25, 0.3) is 0 Å². The minimum absolute atomic E-state index is 0.216. The molecule has 0 radical (unpaired) electrons. The third-order valence-electron chi connectivity index (χ3n) is 2.65. The fourth-order valence-corrected chi connectivity index (χ4v) is 1.66. The number of hydrogen-bond donors (Lipinski definition) is 3. The lowest BCUT2D eigenvalue weighted by molar-refractivity contribution is 0.114. The maximum atomic E-state index is 9.91. The Kier molecular flexibility index (Phi) is 7.97. The Morgan fingerprint density at radius 3 is 2.95 bits per heavy atom. The van der Waals surface area contributed by atoms with Crippen LogP contribution in [0, 0.1) is 6.92 Å². The average Bonchev–Trinajstić information content (AvgIpc) is 2.48. The molecule has 5 heteroatoms. The molecule has 1 aromatic carbocycles. The number of aliphatic hydroxyl groups excluding tert-OH is 1. The van der Waals surface area contributed by atoms with Crippen LogP contribution < -0.4 is 15.4 Å². The van der Waals surface area contributed by atoms with Gasteiger partial charge in [0.2, 0.25) is 0 Å². The van der Waals surface area contributed by atoms with Gasteiger partial charge >= 0.3 is 0 Å². The fraction of sp³-hybridized carbons (Fsp3) is 0.438. The van der Waals surface area contributed by atoms with Crippen molar-refractivity contribution < 1.29 is 9.84 Å². The molecule has 21 heavy (non-hydrogen) atoms. The van der Waals surface area contributed by atoms with Crippen LogP contribution in [0.3, 0.4) is 0 Å². The van der Waals surface area contributed by atoms with Crippen LogP contribution in [0.1, 0.15) is 12.5 Å². The van der Waals surface area contributed by atoms with Crippen LogP contribution in [-0.4, -0.2) is 43.4 Å². The quantitative estimate of drug-likeness (QED) is 0.385. The number of benzene rings is 1. The summed E-state index contributed by atoms with van der Waals surface area (Å²) in [6.07, 6.45) is 1.11. The minimum Gasteiger partial charge on any atom is -0.491 e. The van der Waals surface area contributed by atoms with Crippen molar-refractivity contribution in [3.63, 3.8) is 0 Å². The normalized spacial score (nSPS) is 12.6. The largest absolute Gasteiger partial charge is 0.491 e. The first-order valence-electron chi connectivity index (χ1n) is 7.16. The summed E-state index contributed by atoms with van der Waals surface area (Å²) in [6, 6.07) is 7.74. The van der Waals surface area contributed by atoms with E-state index in [1.807, 2.05) is 38.1 Å². The summed E-state index contributed by atoms with van der Waals surface area (Å²) in [5, 5.41) is 16.1. The van der Waals surface area contributed by atoms with Gasteiger partial charge in [-0.3, -0.25) is 4.99 Å². The molecule has 0 fully saturated rings. The van der Waals surface area contributed by atoms with Gasteiger partial charge in [0.05, 0.1) is 6.54 Å². The van der Waals surface area contributed by atoms with Gasteiger partial charge in [0.15, 0.2) is 5.96 Å². The maximum absolute atomic E-state index is 9.91. The zero-order chi connectivity index (χ0) is 15.5. The third-order valence-corrected chi connectivity index (χ3v) is 2.65. The summed E-state index contributed by atoms with van der Waals surface area (Å²) in [5.74, 6) is 1.42. The molecule has 0 heterocycles. The van der Waals surface area contributed by atoms with Gasteiger partial charge in [-0.25, -0.2) is 0 Å². The molecule has 5 nitrogen and oxygen atoms in total. The van der Waals surface area contributed by atoms with Crippen molar-refractivity contribution in [2.45, 2.75) is 20.0 Å². The van der Waals surface area contributed by atoms with Crippen molar-refractivity contribution in [2.75, 3.05) is 26.2 Å². The molecule has 1 atom stereocenters. The standard InChI is InChI=1S/C16H25N3O2/c1-4-9-18-16(17-5-2)19-11-14(20)12-21-15-8-6-7-13(3)10-15/h4,6-8,10,14,20H,1,5,9,11-12H2,2-3H3,(H2,17,18,19). The van der Waals surface area contributed by atoms with Crippen molar-refractivity contribution in [1.82, 2.24) is 10.6 Å². The Morgan fingerprint density at radius 2 is 2.29 bits per heavy atom. The van der Waals surface area contributed by atoms with Gasteiger partial charge in [-0.05, 0) is 31.5 Å². The number of rotatable bonds is 8. The third kappa shape index (κ3) is 7.37. The van der Waals surface area contributed by atoms with E-state index < -0.39 is 6.10 Å². The van der Waals surface area contributed by atoms with Crippen LogP contribution in [0.15, 0.2) is 41.9 Å². The molecule has 0 bridgehead atoms. The first-order chi connectivity index (χ1) is 10.2. The topological polar surface area (TPSA) is 65.9 Å². The van der Waals surface area contributed by atoms with Gasteiger partial charge in [-0.1, -0.05) is 18.2 Å². The minimum atomic E-state index is -0.648. The lowest BCUT2D eigenvalue weighted by Gasteiger charge is -2.13. The summed E-state index contributed by atoms with van der Waals surface area (Å²) in [5.41, 5.74) is 1.13. The lowest BCUT2D eigenvalue weighted by atomic mass is 10.2. The molecular formula is C16H25N3O2. The molecule has 1 aromatic rings. The first-order valence-corrected chi connectivity index (χ1v) is 7.16. The van der Waals surface area contributed by atoms with E-state index in [2.05, 4.69) is 22.2 Å². The Bertz CT molecular complexity index is 461. The number of guanidine groups is 1. The molecule has 1 unspecified atom stereocenters. The van der Waals surface area contributed by atoms with Crippen molar-refractivity contribution in [1.29, 1.82) is 0 Å². The molecule has 116 valence electrons. The predicted molar refractivity (Wildman–Crippen MR) is 86.9 cm³/mol. The monoisotopic (exact) mass is 291 g/mol. The van der Waals surface area contributed by atoms with Crippen molar-refractivity contribution in [3.05, 3.63) is 42.5 Å². The van der Waals surface area contributed by atoms with Crippen molar-refractivity contribution in [3.8, 4) is 5.75 Å². The molecule has 0 amide bonds. The van der Waals surface area contributed by atoms with Gasteiger partial charge in [0, 0.05) is 13.1 Å². The molecule has 0 aromatic heterocycles. The van der Waals surface area contributed by atoms with E-state index in [1.54, 1.807) is 6.08 Å². The van der Waals surface area contributed by atoms with E-state index >= 15 is 0 Å². The average molecular weight is 291 g/mol. The van der Waals surface area contributed by atoms with Crippen LogP contribution in [0.2, 0.25) is 0 Å². The zero-order valence-electron chi connectivity index (χ0n) is 12.8. The van der Waals surface area contributed by atoms with Crippen LogP contribution in [0.5, 0.6) is 5.75 Å². The smallest absolute Gasteiger partial charge is 0.191 e. The zero-order valence-corrected chi connectivity index (χ0v) is 12.8. The first kappa shape index (κ1) is 17.0. The molecule has 0 aliphatic rings. The van der Waals surface area contributed by atoms with Crippen molar-refractivity contribution >= 4 is 5.96 Å². The molecular weight excluding hydrogens is 266 g/mol. The molecule has 0 spiro atoms. The van der Waals surface area contributed by atoms with Gasteiger partial charge < -0.3 is 20.5 Å². The van der Waals surface area contributed by atoms with Gasteiger partial charge in [0.25, 0.3) is 0 Å². The number of aliphatic imine (C=N–C) groups is 1. The number of aryl methyl sites for hydroxylation is 1. The second kappa shape index (κ2) is 9.83. The molecule has 0 saturated carbocycles. The highest BCUT2D eigenvalue weighted by Gasteiger charge is 2.05. The van der Waals surface area contributed by atoms with Crippen molar-refractivity contribution in [2.24, 2.45) is 4.99 Å². The summed E-state index contributed by atoms with van der Waals surface area (Å²) < 4.78 is 5.55. The van der Waals surface area contributed by atoms with E-state index in [-0.39, 0.29) is 13.2 Å². The molecule has 0 aliphatic heterocycles. The molecule has 1 rings (SSSR count). The second-order valence-electron chi connectivity index (χ2n) is 4.67. The number of nitrogens with zero attached hydrogens (tertiary/aromatic N) is 1. The molecule has 3 N–H and O–H groups in total. The van der Waals surface area contributed by atoms with Gasteiger partial charge in [0.1, 0.15) is 18.5 Å². The van der Waals surface area contributed by atoms with Gasteiger partial charge in [-0.15, -0.1) is 6.58 Å². The highest BCUT2D eigenvalue weighted by atomic mass is 16.5. The Morgan fingerprint density at radius 1 is 1.48 bits per heavy atom. The van der Waals surface area contributed by atoms with E-state index in [0.717, 1.165) is 17.9 Å². The summed E-state index contributed by atoms with van der Waals surface area (Å²) >= 11 is 0. The number of aliphatic hydroxyl groups is 1. The Hall–Kier alpha value is -2.01. The van der Waals surface area contributed by atoms with E-state index in [9.17, 15) is 5.11 Å². The second-order valence-corrected chi connectivity index (χ2v) is 4.67. The number of hydrogen-bond acceptors (Lipinski definition) is 3. The van der Waals surface area contributed by atoms with Crippen LogP contribution in [-0.2, 0) is 0 Å². The molecule has 0 saturated heterocycles. The van der Waals surface area contributed by atoms with Crippen LogP contribution in [0.4, 0.5) is 0 Å².